The molecule has 144 valence electrons. The zero-order valence-corrected chi connectivity index (χ0v) is 16.2. The average Bonchev–Trinajstić information content (AvgIpc) is 2.51. The molecule has 8 heteroatoms. The molecule has 1 aromatic rings. The molecule has 0 aromatic heterocycles. The van der Waals surface area contributed by atoms with Crippen molar-refractivity contribution in [3.05, 3.63) is 34.9 Å². The Hall–Kier alpha value is -2.28. The van der Waals surface area contributed by atoms with Gasteiger partial charge in [-0.05, 0) is 39.3 Å². The second kappa shape index (κ2) is 10.0. The minimum absolute atomic E-state index is 0.00592. The number of esters is 1. The Kier molecular flexibility index (Phi) is 8.38. The van der Waals surface area contributed by atoms with Crippen LogP contribution in [0.2, 0.25) is 5.02 Å². The fourth-order valence-electron chi connectivity index (χ4n) is 2.78. The van der Waals surface area contributed by atoms with E-state index in [9.17, 15) is 14.4 Å². The lowest BCUT2D eigenvalue weighted by Crippen LogP contribution is -2.44. The van der Waals surface area contributed by atoms with Crippen LogP contribution >= 0.6 is 11.6 Å². The summed E-state index contributed by atoms with van der Waals surface area (Å²) in [5.41, 5.74) is 5.72. The number of ether oxygens (including phenoxy) is 1. The molecule has 0 fully saturated rings. The van der Waals surface area contributed by atoms with E-state index in [-0.39, 0.29) is 31.0 Å². The summed E-state index contributed by atoms with van der Waals surface area (Å²) in [6, 6.07) is 5.25. The summed E-state index contributed by atoms with van der Waals surface area (Å²) in [7, 11) is 0. The molecule has 0 aliphatic carbocycles. The number of primary amides is 1. The second-order valence-corrected chi connectivity index (χ2v) is 6.84. The topological polar surface area (TPSA) is 102 Å². The Morgan fingerprint density at radius 2 is 1.73 bits per heavy atom. The van der Waals surface area contributed by atoms with E-state index in [0.717, 1.165) is 0 Å². The number of rotatable bonds is 8. The number of nitrogens with zero attached hydrogens (tertiary/aromatic N) is 1. The minimum atomic E-state index is -0.787. The molecular weight excluding hydrogens is 358 g/mol. The van der Waals surface area contributed by atoms with Crippen LogP contribution in [0.4, 0.5) is 4.79 Å². The SMILES string of the molecule is CC(C)N(C(=O)COC(=O)C[C@H](NC(N)=O)c1ccccc1Cl)C(C)C. The third-order valence-corrected chi connectivity index (χ3v) is 4.07. The van der Waals surface area contributed by atoms with Crippen LogP contribution in [0.15, 0.2) is 24.3 Å². The molecule has 0 aliphatic heterocycles. The number of hydrogen-bond acceptors (Lipinski definition) is 4. The zero-order chi connectivity index (χ0) is 19.9. The summed E-state index contributed by atoms with van der Waals surface area (Å²) in [6.45, 7) is 7.21. The van der Waals surface area contributed by atoms with Gasteiger partial charge >= 0.3 is 12.0 Å². The smallest absolute Gasteiger partial charge is 0.312 e. The molecule has 1 aromatic carbocycles. The molecule has 0 radical (unpaired) electrons. The summed E-state index contributed by atoms with van der Waals surface area (Å²) in [5, 5.41) is 2.86. The first-order chi connectivity index (χ1) is 12.1. The molecule has 26 heavy (non-hydrogen) atoms. The number of halogens is 1. The molecule has 0 bridgehead atoms. The number of urea groups is 1. The van der Waals surface area contributed by atoms with Crippen LogP contribution in [-0.2, 0) is 14.3 Å². The number of amides is 3. The lowest BCUT2D eigenvalue weighted by molar-refractivity contribution is -0.154. The minimum Gasteiger partial charge on any atom is -0.455 e. The molecule has 0 saturated heterocycles. The number of hydrogen-bond donors (Lipinski definition) is 2. The van der Waals surface area contributed by atoms with Gasteiger partial charge in [0.05, 0.1) is 12.5 Å². The second-order valence-electron chi connectivity index (χ2n) is 6.44. The summed E-state index contributed by atoms with van der Waals surface area (Å²) >= 11 is 6.12. The lowest BCUT2D eigenvalue weighted by atomic mass is 10.0. The van der Waals surface area contributed by atoms with Gasteiger partial charge in [0.1, 0.15) is 0 Å². The van der Waals surface area contributed by atoms with Crippen molar-refractivity contribution < 1.29 is 19.1 Å². The first-order valence-corrected chi connectivity index (χ1v) is 8.78. The van der Waals surface area contributed by atoms with Crippen molar-refractivity contribution in [2.75, 3.05) is 6.61 Å². The highest BCUT2D eigenvalue weighted by Crippen LogP contribution is 2.25. The van der Waals surface area contributed by atoms with Crippen LogP contribution in [0.3, 0.4) is 0 Å². The monoisotopic (exact) mass is 383 g/mol. The highest BCUT2D eigenvalue weighted by atomic mass is 35.5. The molecular formula is C18H26ClN3O4. The van der Waals surface area contributed by atoms with E-state index >= 15 is 0 Å². The molecule has 0 aliphatic rings. The molecule has 1 rings (SSSR count). The normalized spacial score (nSPS) is 12.0. The summed E-state index contributed by atoms with van der Waals surface area (Å²) in [6.07, 6.45) is -0.191. The van der Waals surface area contributed by atoms with E-state index in [1.54, 1.807) is 29.2 Å². The van der Waals surface area contributed by atoms with E-state index in [4.69, 9.17) is 22.1 Å². The van der Waals surface area contributed by atoms with Gasteiger partial charge in [0.25, 0.3) is 5.91 Å². The molecule has 0 spiro atoms. The third-order valence-electron chi connectivity index (χ3n) is 3.73. The van der Waals surface area contributed by atoms with E-state index in [0.29, 0.717) is 10.6 Å². The van der Waals surface area contributed by atoms with Gasteiger partial charge < -0.3 is 20.7 Å². The van der Waals surface area contributed by atoms with Crippen molar-refractivity contribution in [1.82, 2.24) is 10.2 Å². The average molecular weight is 384 g/mol. The first-order valence-electron chi connectivity index (χ1n) is 8.40. The van der Waals surface area contributed by atoms with Gasteiger partial charge in [0.2, 0.25) is 0 Å². The van der Waals surface area contributed by atoms with Gasteiger partial charge in [-0.3, -0.25) is 9.59 Å². The number of benzene rings is 1. The van der Waals surface area contributed by atoms with Gasteiger partial charge in [-0.25, -0.2) is 4.79 Å². The van der Waals surface area contributed by atoms with Gasteiger partial charge in [-0.2, -0.15) is 0 Å². The Morgan fingerprint density at radius 1 is 1.15 bits per heavy atom. The Labute approximate surface area is 158 Å². The van der Waals surface area contributed by atoms with E-state index < -0.39 is 18.0 Å². The largest absolute Gasteiger partial charge is 0.455 e. The number of carbonyl (C=O) groups excluding carboxylic acids is 3. The molecule has 0 heterocycles. The Balaban J connectivity index is 2.74. The van der Waals surface area contributed by atoms with Crippen LogP contribution in [0.5, 0.6) is 0 Å². The van der Waals surface area contributed by atoms with Crippen LogP contribution in [0.25, 0.3) is 0 Å². The van der Waals surface area contributed by atoms with Crippen molar-refractivity contribution in [2.45, 2.75) is 52.2 Å². The highest BCUT2D eigenvalue weighted by Gasteiger charge is 2.24. The maximum Gasteiger partial charge on any atom is 0.312 e. The van der Waals surface area contributed by atoms with Gasteiger partial charge in [-0.15, -0.1) is 0 Å². The first kappa shape index (κ1) is 21.8. The number of carbonyl (C=O) groups is 3. The van der Waals surface area contributed by atoms with Crippen LogP contribution < -0.4 is 11.1 Å². The lowest BCUT2D eigenvalue weighted by Gasteiger charge is -2.30. The fourth-order valence-corrected chi connectivity index (χ4v) is 3.05. The number of nitrogens with one attached hydrogen (secondary N) is 1. The van der Waals surface area contributed by atoms with Crippen molar-refractivity contribution in [2.24, 2.45) is 5.73 Å². The maximum absolute atomic E-state index is 12.3. The highest BCUT2D eigenvalue weighted by molar-refractivity contribution is 6.31. The molecule has 1 atom stereocenters. The summed E-state index contributed by atoms with van der Waals surface area (Å²) in [5.74, 6) is -0.912. The maximum atomic E-state index is 12.3. The number of nitrogens with two attached hydrogens (primary N) is 1. The predicted octanol–water partition coefficient (Wildman–Crippen LogP) is 2.63. The van der Waals surface area contributed by atoms with E-state index in [1.807, 2.05) is 27.7 Å². The van der Waals surface area contributed by atoms with Crippen LogP contribution in [0.1, 0.15) is 45.7 Å². The van der Waals surface area contributed by atoms with Crippen LogP contribution in [-0.4, -0.2) is 41.5 Å². The van der Waals surface area contributed by atoms with Gasteiger partial charge in [0, 0.05) is 17.1 Å². The third kappa shape index (κ3) is 6.55. The predicted molar refractivity (Wildman–Crippen MR) is 99.6 cm³/mol. The van der Waals surface area contributed by atoms with Crippen molar-refractivity contribution in [3.63, 3.8) is 0 Å². The quantitative estimate of drug-likeness (QED) is 0.673. The zero-order valence-electron chi connectivity index (χ0n) is 15.5. The Morgan fingerprint density at radius 3 is 2.23 bits per heavy atom. The standard InChI is InChI=1S/C18H26ClN3O4/c1-11(2)22(12(3)4)16(23)10-26-17(24)9-15(21-18(20)25)13-7-5-6-8-14(13)19/h5-8,11-12,15H,9-10H2,1-4H3,(H3,20,21,25)/t15-/m0/s1. The molecule has 7 nitrogen and oxygen atoms in total. The summed E-state index contributed by atoms with van der Waals surface area (Å²) < 4.78 is 5.09. The van der Waals surface area contributed by atoms with Crippen LogP contribution in [0, 0.1) is 0 Å². The molecule has 0 unspecified atom stereocenters. The van der Waals surface area contributed by atoms with Crippen molar-refractivity contribution in [3.8, 4) is 0 Å². The molecule has 0 saturated carbocycles. The van der Waals surface area contributed by atoms with Crippen molar-refractivity contribution in [1.29, 1.82) is 0 Å². The van der Waals surface area contributed by atoms with Crippen molar-refractivity contribution >= 4 is 29.5 Å². The molecule has 3 N–H and O–H groups in total. The van der Waals surface area contributed by atoms with Gasteiger partial charge in [0.15, 0.2) is 6.61 Å². The van der Waals surface area contributed by atoms with E-state index in [1.165, 1.54) is 0 Å². The summed E-state index contributed by atoms with van der Waals surface area (Å²) in [4.78, 5) is 37.3. The van der Waals surface area contributed by atoms with E-state index in [2.05, 4.69) is 5.32 Å². The Bertz CT molecular complexity index is 641. The fraction of sp³-hybridized carbons (Fsp3) is 0.500. The van der Waals surface area contributed by atoms with Gasteiger partial charge in [-0.1, -0.05) is 29.8 Å². The molecule has 3 amide bonds.